The van der Waals surface area contributed by atoms with Crippen LogP contribution >= 0.6 is 12.6 Å². The summed E-state index contributed by atoms with van der Waals surface area (Å²) in [5.74, 6) is -1.69. The molecule has 7 heteroatoms. The van der Waals surface area contributed by atoms with Crippen LogP contribution in [0.5, 0.6) is 5.75 Å². The summed E-state index contributed by atoms with van der Waals surface area (Å²) in [4.78, 5) is 25.3. The molecule has 1 N–H and O–H groups in total. The van der Waals surface area contributed by atoms with Crippen LogP contribution in [0.4, 0.5) is 0 Å². The molecule has 1 aromatic heterocycles. The number of aromatic carboxylic acids is 2. The highest BCUT2D eigenvalue weighted by Gasteiger charge is 2.10. The Labute approximate surface area is 147 Å². The third-order valence-electron chi connectivity index (χ3n) is 3.55. The van der Waals surface area contributed by atoms with E-state index in [2.05, 4.69) is 17.6 Å². The fourth-order valence-corrected chi connectivity index (χ4v) is 2.49. The average molecular weight is 354 g/mol. The second kappa shape index (κ2) is 11.7. The lowest BCUT2D eigenvalue weighted by atomic mass is 10.1. The molecule has 24 heavy (non-hydrogen) atoms. The zero-order valence-corrected chi connectivity index (χ0v) is 14.6. The number of unbranched alkanes of at least 4 members (excludes halogenated alkanes) is 7. The first-order chi connectivity index (χ1) is 11.5. The van der Waals surface area contributed by atoms with E-state index in [-0.39, 0.29) is 11.4 Å². The van der Waals surface area contributed by atoms with Gasteiger partial charge in [0, 0.05) is 12.1 Å². The number of rotatable bonds is 13. The highest BCUT2D eigenvalue weighted by atomic mass is 32.1. The van der Waals surface area contributed by atoms with Gasteiger partial charge in [0.25, 0.3) is 0 Å². The molecule has 0 aromatic carbocycles. The summed E-state index contributed by atoms with van der Waals surface area (Å²) in [6.45, 7) is 0.412. The molecular formula is C17H24NO5S-. The van der Waals surface area contributed by atoms with Gasteiger partial charge in [0.1, 0.15) is 5.75 Å². The highest BCUT2D eigenvalue weighted by molar-refractivity contribution is 7.80. The van der Waals surface area contributed by atoms with Gasteiger partial charge in [0.2, 0.25) is 0 Å². The molecule has 134 valence electrons. The van der Waals surface area contributed by atoms with Crippen molar-refractivity contribution >= 4 is 24.6 Å². The smallest absolute Gasteiger partial charge is 0.354 e. The maximum Gasteiger partial charge on any atom is 0.354 e. The van der Waals surface area contributed by atoms with Gasteiger partial charge in [-0.1, -0.05) is 38.5 Å². The molecule has 1 aromatic rings. The maximum absolute atomic E-state index is 10.9. The van der Waals surface area contributed by atoms with Crippen molar-refractivity contribution in [3.63, 3.8) is 0 Å². The lowest BCUT2D eigenvalue weighted by molar-refractivity contribution is -0.255. The van der Waals surface area contributed by atoms with Crippen molar-refractivity contribution in [1.82, 2.24) is 4.98 Å². The van der Waals surface area contributed by atoms with Gasteiger partial charge in [-0.15, -0.1) is 0 Å². The molecule has 1 heterocycles. The topological polar surface area (TPSA) is 99.6 Å². The number of carbonyl (C=O) groups excluding carboxylic acids is 1. The number of thiol groups is 1. The molecule has 0 spiro atoms. The molecule has 0 saturated heterocycles. The first kappa shape index (κ1) is 20.3. The Hall–Kier alpha value is -1.76. The minimum Gasteiger partial charge on any atom is -0.543 e. The van der Waals surface area contributed by atoms with Crippen LogP contribution in [0.25, 0.3) is 0 Å². The second-order valence-electron chi connectivity index (χ2n) is 5.57. The minimum atomic E-state index is -1.53. The Kier molecular flexibility index (Phi) is 9.91. The van der Waals surface area contributed by atoms with Gasteiger partial charge >= 0.3 is 5.97 Å². The molecule has 0 saturated carbocycles. The lowest BCUT2D eigenvalue weighted by Gasteiger charge is -2.09. The zero-order valence-electron chi connectivity index (χ0n) is 13.7. The minimum absolute atomic E-state index is 0.188. The zero-order chi connectivity index (χ0) is 17.8. The summed E-state index contributed by atoms with van der Waals surface area (Å²) in [5, 5.41) is 19.8. The molecular weight excluding hydrogens is 330 g/mol. The van der Waals surface area contributed by atoms with Gasteiger partial charge in [-0.2, -0.15) is 12.6 Å². The van der Waals surface area contributed by atoms with Crippen LogP contribution in [0.15, 0.2) is 12.1 Å². The number of hydrogen-bond acceptors (Lipinski definition) is 6. The van der Waals surface area contributed by atoms with Crippen LogP contribution in [0.2, 0.25) is 0 Å². The predicted octanol–water partition coefficient (Wildman–Crippen LogP) is 2.57. The average Bonchev–Trinajstić information content (AvgIpc) is 2.56. The van der Waals surface area contributed by atoms with Crippen molar-refractivity contribution < 1.29 is 24.5 Å². The molecule has 0 bridgehead atoms. The van der Waals surface area contributed by atoms with E-state index in [0.717, 1.165) is 25.0 Å². The van der Waals surface area contributed by atoms with Crippen molar-refractivity contribution in [3.05, 3.63) is 23.5 Å². The van der Waals surface area contributed by atoms with E-state index in [0.29, 0.717) is 6.61 Å². The van der Waals surface area contributed by atoms with Crippen LogP contribution in [0.3, 0.4) is 0 Å². The Morgan fingerprint density at radius 2 is 1.54 bits per heavy atom. The van der Waals surface area contributed by atoms with E-state index in [1.807, 2.05) is 0 Å². The van der Waals surface area contributed by atoms with Gasteiger partial charge in [-0.25, -0.2) is 9.78 Å². The van der Waals surface area contributed by atoms with Gasteiger partial charge in [-0.05, 0) is 18.6 Å². The molecule has 0 fully saturated rings. The maximum atomic E-state index is 10.9. The van der Waals surface area contributed by atoms with Gasteiger partial charge < -0.3 is 19.7 Å². The Bertz CT molecular complexity index is 503. The van der Waals surface area contributed by atoms with Gasteiger partial charge in [-0.3, -0.25) is 0 Å². The molecule has 0 unspecified atom stereocenters. The highest BCUT2D eigenvalue weighted by Crippen LogP contribution is 2.15. The fraction of sp³-hybridized carbons (Fsp3) is 0.588. The number of nitrogens with zero attached hydrogens (tertiary/aromatic N) is 1. The Morgan fingerprint density at radius 3 is 2.08 bits per heavy atom. The van der Waals surface area contributed by atoms with E-state index >= 15 is 0 Å². The number of ether oxygens (including phenoxy) is 1. The van der Waals surface area contributed by atoms with Crippen LogP contribution in [0.1, 0.15) is 72.3 Å². The largest absolute Gasteiger partial charge is 0.543 e. The number of carboxylic acids is 2. The fourth-order valence-electron chi connectivity index (χ4n) is 2.27. The summed E-state index contributed by atoms with van der Waals surface area (Å²) >= 11 is 4.18. The molecule has 1 rings (SSSR count). The van der Waals surface area contributed by atoms with E-state index in [4.69, 9.17) is 9.84 Å². The lowest BCUT2D eigenvalue weighted by Crippen LogP contribution is -2.24. The first-order valence-electron chi connectivity index (χ1n) is 8.25. The van der Waals surface area contributed by atoms with Crippen LogP contribution in [-0.4, -0.2) is 34.4 Å². The second-order valence-corrected chi connectivity index (χ2v) is 6.01. The van der Waals surface area contributed by atoms with Crippen molar-refractivity contribution in [1.29, 1.82) is 0 Å². The number of aromatic nitrogens is 1. The van der Waals surface area contributed by atoms with Crippen LogP contribution < -0.4 is 9.84 Å². The van der Waals surface area contributed by atoms with Crippen molar-refractivity contribution in [2.24, 2.45) is 0 Å². The Balaban J connectivity index is 2.27. The van der Waals surface area contributed by atoms with Gasteiger partial charge in [0.05, 0.1) is 18.3 Å². The van der Waals surface area contributed by atoms with E-state index < -0.39 is 17.6 Å². The first-order valence-corrected chi connectivity index (χ1v) is 8.88. The SMILES string of the molecule is O=C([O-])c1cc(OCCCCCCCCCCS)cc(C(=O)O)n1. The Morgan fingerprint density at radius 1 is 1.00 bits per heavy atom. The number of pyridine rings is 1. The molecule has 0 aliphatic carbocycles. The summed E-state index contributed by atoms with van der Waals surface area (Å²) in [7, 11) is 0. The third-order valence-corrected chi connectivity index (χ3v) is 3.86. The van der Waals surface area contributed by atoms with Crippen LogP contribution in [0, 0.1) is 0 Å². The van der Waals surface area contributed by atoms with Crippen molar-refractivity contribution in [2.45, 2.75) is 51.4 Å². The summed E-state index contributed by atoms with van der Waals surface area (Å²) < 4.78 is 5.44. The molecule has 0 aliphatic rings. The predicted molar refractivity (Wildman–Crippen MR) is 91.8 cm³/mol. The summed E-state index contributed by atoms with van der Waals surface area (Å²) in [6, 6.07) is 2.40. The molecule has 0 radical (unpaired) electrons. The number of hydrogen-bond donors (Lipinski definition) is 2. The van der Waals surface area contributed by atoms with Gasteiger partial charge in [0.15, 0.2) is 5.69 Å². The monoisotopic (exact) mass is 354 g/mol. The van der Waals surface area contributed by atoms with E-state index in [1.54, 1.807) is 0 Å². The summed E-state index contributed by atoms with van der Waals surface area (Å²) in [6.07, 6.45) is 9.08. The van der Waals surface area contributed by atoms with Crippen LogP contribution in [-0.2, 0) is 0 Å². The van der Waals surface area contributed by atoms with E-state index in [1.165, 1.54) is 44.2 Å². The number of carbonyl (C=O) groups is 2. The number of carboxylic acid groups (broad SMARTS) is 2. The molecule has 6 nitrogen and oxygen atoms in total. The molecule has 0 amide bonds. The quantitative estimate of drug-likeness (QED) is 0.417. The normalized spacial score (nSPS) is 10.5. The summed E-state index contributed by atoms with van der Waals surface area (Å²) in [5.41, 5.74) is -0.806. The van der Waals surface area contributed by atoms with Crippen molar-refractivity contribution in [2.75, 3.05) is 12.4 Å². The molecule has 0 aliphatic heterocycles. The van der Waals surface area contributed by atoms with Crippen molar-refractivity contribution in [3.8, 4) is 5.75 Å². The van der Waals surface area contributed by atoms with E-state index in [9.17, 15) is 14.7 Å². The third kappa shape index (κ3) is 8.19. The molecule has 0 atom stereocenters. The standard InChI is InChI=1S/C17H25NO5S/c19-16(20)14-11-13(12-15(18-14)17(21)22)23-9-7-5-3-1-2-4-6-8-10-24/h11-12,24H,1-10H2,(H,19,20)(H,21,22)/p-1.